The number of benzene rings is 2. The Morgan fingerprint density at radius 2 is 1.77 bits per heavy atom. The molecular formula is C18H17N3O. The van der Waals surface area contributed by atoms with E-state index in [1.54, 1.807) is 0 Å². The van der Waals surface area contributed by atoms with E-state index >= 15 is 0 Å². The summed E-state index contributed by atoms with van der Waals surface area (Å²) in [6, 6.07) is 18.9. The van der Waals surface area contributed by atoms with Crippen molar-refractivity contribution in [1.29, 1.82) is 0 Å². The third-order valence-electron chi connectivity index (χ3n) is 4.15. The van der Waals surface area contributed by atoms with Gasteiger partial charge in [-0.25, -0.2) is 0 Å². The quantitative estimate of drug-likeness (QED) is 0.724. The fraction of sp³-hybridized carbons (Fsp3) is 0.222. The largest absolute Gasteiger partial charge is 0.423 e. The minimum absolute atomic E-state index is 0.0199. The van der Waals surface area contributed by atoms with Crippen LogP contribution in [0.25, 0.3) is 0 Å². The molecule has 110 valence electrons. The van der Waals surface area contributed by atoms with Gasteiger partial charge in [0.15, 0.2) is 0 Å². The predicted molar refractivity (Wildman–Crippen MR) is 84.8 cm³/mol. The molecule has 4 rings (SSSR count). The SMILES string of the molecule is Cc1nnc(C2c3ccccc3CCN2c2ccccc2)o1. The number of nitrogens with zero attached hydrogens (tertiary/aromatic N) is 3. The number of fused-ring (bicyclic) bond motifs is 1. The molecule has 0 saturated carbocycles. The van der Waals surface area contributed by atoms with Gasteiger partial charge in [-0.3, -0.25) is 0 Å². The molecule has 2 aromatic carbocycles. The first-order chi connectivity index (χ1) is 10.8. The molecule has 22 heavy (non-hydrogen) atoms. The van der Waals surface area contributed by atoms with Gasteiger partial charge < -0.3 is 9.32 Å². The van der Waals surface area contributed by atoms with Gasteiger partial charge in [-0.1, -0.05) is 42.5 Å². The van der Waals surface area contributed by atoms with Crippen LogP contribution in [-0.4, -0.2) is 16.7 Å². The Morgan fingerprint density at radius 3 is 2.55 bits per heavy atom. The molecule has 0 spiro atoms. The maximum atomic E-state index is 5.77. The number of aromatic nitrogens is 2. The zero-order valence-corrected chi connectivity index (χ0v) is 12.4. The molecule has 0 aliphatic carbocycles. The van der Waals surface area contributed by atoms with Gasteiger partial charge in [-0.2, -0.15) is 0 Å². The Labute approximate surface area is 129 Å². The second kappa shape index (κ2) is 5.30. The second-order valence-electron chi connectivity index (χ2n) is 5.54. The van der Waals surface area contributed by atoms with Crippen molar-refractivity contribution in [2.75, 3.05) is 11.4 Å². The van der Waals surface area contributed by atoms with E-state index in [0.717, 1.165) is 13.0 Å². The lowest BCUT2D eigenvalue weighted by Gasteiger charge is -2.37. The van der Waals surface area contributed by atoms with E-state index in [1.165, 1.54) is 16.8 Å². The van der Waals surface area contributed by atoms with E-state index in [0.29, 0.717) is 11.8 Å². The highest BCUT2D eigenvalue weighted by atomic mass is 16.4. The smallest absolute Gasteiger partial charge is 0.243 e. The zero-order chi connectivity index (χ0) is 14.9. The highest BCUT2D eigenvalue weighted by molar-refractivity contribution is 5.53. The van der Waals surface area contributed by atoms with Crippen molar-refractivity contribution in [1.82, 2.24) is 10.2 Å². The van der Waals surface area contributed by atoms with Gasteiger partial charge in [-0.05, 0) is 29.7 Å². The van der Waals surface area contributed by atoms with E-state index in [4.69, 9.17) is 4.42 Å². The van der Waals surface area contributed by atoms with Crippen molar-refractivity contribution in [2.45, 2.75) is 19.4 Å². The van der Waals surface area contributed by atoms with E-state index in [-0.39, 0.29) is 6.04 Å². The maximum absolute atomic E-state index is 5.77. The number of anilines is 1. The van der Waals surface area contributed by atoms with Crippen LogP contribution in [0.15, 0.2) is 59.0 Å². The summed E-state index contributed by atoms with van der Waals surface area (Å²) in [6.07, 6.45) is 1.02. The minimum Gasteiger partial charge on any atom is -0.423 e. The van der Waals surface area contributed by atoms with Crippen LogP contribution >= 0.6 is 0 Å². The Kier molecular flexibility index (Phi) is 3.15. The summed E-state index contributed by atoms with van der Waals surface area (Å²) in [5, 5.41) is 8.31. The van der Waals surface area contributed by atoms with E-state index < -0.39 is 0 Å². The minimum atomic E-state index is -0.0199. The molecule has 0 fully saturated rings. The molecule has 1 aromatic heterocycles. The summed E-state index contributed by atoms with van der Waals surface area (Å²) in [5.41, 5.74) is 3.79. The molecule has 4 heteroatoms. The lowest BCUT2D eigenvalue weighted by Crippen LogP contribution is -2.36. The van der Waals surface area contributed by atoms with Crippen LogP contribution in [0, 0.1) is 6.92 Å². The monoisotopic (exact) mass is 291 g/mol. The number of rotatable bonds is 2. The van der Waals surface area contributed by atoms with Gasteiger partial charge in [0.25, 0.3) is 0 Å². The Morgan fingerprint density at radius 1 is 1.00 bits per heavy atom. The molecule has 1 unspecified atom stereocenters. The highest BCUT2D eigenvalue weighted by Crippen LogP contribution is 2.37. The third-order valence-corrected chi connectivity index (χ3v) is 4.15. The normalized spacial score (nSPS) is 17.3. The standard InChI is InChI=1S/C18H17N3O/c1-13-19-20-18(22-13)17-16-10-6-5-7-14(16)11-12-21(17)15-8-3-2-4-9-15/h2-10,17H,11-12H2,1H3. The van der Waals surface area contributed by atoms with Gasteiger partial charge >= 0.3 is 0 Å². The van der Waals surface area contributed by atoms with Crippen molar-refractivity contribution in [3.8, 4) is 0 Å². The van der Waals surface area contributed by atoms with Crippen LogP contribution in [0.3, 0.4) is 0 Å². The van der Waals surface area contributed by atoms with Crippen molar-refractivity contribution in [2.24, 2.45) is 0 Å². The van der Waals surface area contributed by atoms with Gasteiger partial charge in [-0.15, -0.1) is 10.2 Å². The Balaban J connectivity index is 1.85. The number of aryl methyl sites for hydroxylation is 1. The van der Waals surface area contributed by atoms with Crippen LogP contribution < -0.4 is 4.90 Å². The molecular weight excluding hydrogens is 274 g/mol. The van der Waals surface area contributed by atoms with Crippen molar-refractivity contribution >= 4 is 5.69 Å². The Hall–Kier alpha value is -2.62. The first-order valence-electron chi connectivity index (χ1n) is 7.52. The topological polar surface area (TPSA) is 42.2 Å². The average molecular weight is 291 g/mol. The summed E-state index contributed by atoms with van der Waals surface area (Å²) < 4.78 is 5.77. The molecule has 2 heterocycles. The van der Waals surface area contributed by atoms with E-state index in [2.05, 4.69) is 63.6 Å². The van der Waals surface area contributed by atoms with Crippen LogP contribution in [-0.2, 0) is 6.42 Å². The highest BCUT2D eigenvalue weighted by Gasteiger charge is 2.32. The molecule has 1 aliphatic heterocycles. The number of para-hydroxylation sites is 1. The molecule has 0 amide bonds. The van der Waals surface area contributed by atoms with E-state index in [9.17, 15) is 0 Å². The van der Waals surface area contributed by atoms with Crippen molar-refractivity contribution in [3.63, 3.8) is 0 Å². The Bertz CT molecular complexity index is 782. The van der Waals surface area contributed by atoms with Gasteiger partial charge in [0, 0.05) is 19.2 Å². The van der Waals surface area contributed by atoms with Crippen LogP contribution in [0.2, 0.25) is 0 Å². The van der Waals surface area contributed by atoms with Crippen LogP contribution in [0.1, 0.15) is 29.0 Å². The maximum Gasteiger partial charge on any atom is 0.243 e. The summed E-state index contributed by atoms with van der Waals surface area (Å²) in [5.74, 6) is 1.26. The fourth-order valence-electron chi connectivity index (χ4n) is 3.15. The van der Waals surface area contributed by atoms with Crippen molar-refractivity contribution < 1.29 is 4.42 Å². The molecule has 0 radical (unpaired) electrons. The van der Waals surface area contributed by atoms with Crippen molar-refractivity contribution in [3.05, 3.63) is 77.5 Å². The van der Waals surface area contributed by atoms with Gasteiger partial charge in [0.2, 0.25) is 11.8 Å². The lowest BCUT2D eigenvalue weighted by molar-refractivity contribution is 0.432. The van der Waals surface area contributed by atoms with E-state index in [1.807, 2.05) is 13.0 Å². The number of hydrogen-bond donors (Lipinski definition) is 0. The molecule has 1 atom stereocenters. The lowest BCUT2D eigenvalue weighted by atomic mass is 9.92. The van der Waals surface area contributed by atoms with Gasteiger partial charge in [0.05, 0.1) is 0 Å². The second-order valence-corrected chi connectivity index (χ2v) is 5.54. The molecule has 0 N–H and O–H groups in total. The summed E-state index contributed by atoms with van der Waals surface area (Å²) in [7, 11) is 0. The van der Waals surface area contributed by atoms with Crippen LogP contribution in [0.4, 0.5) is 5.69 Å². The predicted octanol–water partition coefficient (Wildman–Crippen LogP) is 3.53. The molecule has 0 saturated heterocycles. The molecule has 4 nitrogen and oxygen atoms in total. The van der Waals surface area contributed by atoms with Gasteiger partial charge in [0.1, 0.15) is 6.04 Å². The summed E-state index contributed by atoms with van der Waals surface area (Å²) >= 11 is 0. The molecule has 3 aromatic rings. The van der Waals surface area contributed by atoms with Crippen LogP contribution in [0.5, 0.6) is 0 Å². The molecule has 0 bridgehead atoms. The summed E-state index contributed by atoms with van der Waals surface area (Å²) in [4.78, 5) is 2.34. The average Bonchev–Trinajstić information content (AvgIpc) is 3.00. The number of hydrogen-bond acceptors (Lipinski definition) is 4. The first-order valence-corrected chi connectivity index (χ1v) is 7.52. The zero-order valence-electron chi connectivity index (χ0n) is 12.4. The summed E-state index contributed by atoms with van der Waals surface area (Å²) in [6.45, 7) is 2.77. The molecule has 1 aliphatic rings. The fourth-order valence-corrected chi connectivity index (χ4v) is 3.15. The third kappa shape index (κ3) is 2.17. The first kappa shape index (κ1) is 13.1.